The Hall–Kier alpha value is -1.55. The number of benzene rings is 1. The van der Waals surface area contributed by atoms with Gasteiger partial charge in [0.05, 0.1) is 5.69 Å². The molecule has 1 aromatic rings. The molecular weight excluding hydrogens is 216 g/mol. The van der Waals surface area contributed by atoms with Crippen molar-refractivity contribution >= 4 is 11.6 Å². The van der Waals surface area contributed by atoms with Gasteiger partial charge in [0.25, 0.3) is 5.91 Å². The molecule has 0 heterocycles. The summed E-state index contributed by atoms with van der Waals surface area (Å²) < 4.78 is 0. The summed E-state index contributed by atoms with van der Waals surface area (Å²) in [7, 11) is 0. The maximum absolute atomic E-state index is 11.7. The summed E-state index contributed by atoms with van der Waals surface area (Å²) in [5.41, 5.74) is 3.21. The molecule has 0 radical (unpaired) electrons. The molecule has 0 unspecified atom stereocenters. The van der Waals surface area contributed by atoms with Crippen LogP contribution in [0.3, 0.4) is 0 Å². The normalized spacial score (nSPS) is 10.0. The Morgan fingerprint density at radius 3 is 2.47 bits per heavy atom. The lowest BCUT2D eigenvalue weighted by Crippen LogP contribution is -2.24. The maximum atomic E-state index is 11.7. The first-order valence-corrected chi connectivity index (χ1v) is 6.06. The van der Waals surface area contributed by atoms with E-state index in [-0.39, 0.29) is 5.91 Å². The van der Waals surface area contributed by atoms with Gasteiger partial charge in [-0.3, -0.25) is 15.5 Å². The highest BCUT2D eigenvalue weighted by Crippen LogP contribution is 2.08. The van der Waals surface area contributed by atoms with Crippen LogP contribution in [0.15, 0.2) is 24.3 Å². The van der Waals surface area contributed by atoms with E-state index in [1.54, 1.807) is 24.3 Å². The van der Waals surface area contributed by atoms with Gasteiger partial charge in [-0.25, -0.2) is 0 Å². The zero-order chi connectivity index (χ0) is 12.5. The number of unbranched alkanes of at least 4 members (excludes halogenated alkanes) is 3. The average Bonchev–Trinajstić information content (AvgIpc) is 2.38. The first-order valence-electron chi connectivity index (χ1n) is 6.06. The third-order valence-electron chi connectivity index (χ3n) is 2.59. The Morgan fingerprint density at radius 2 is 1.88 bits per heavy atom. The maximum Gasteiger partial charge on any atom is 0.251 e. The van der Waals surface area contributed by atoms with Crippen molar-refractivity contribution in [1.82, 2.24) is 5.32 Å². The fourth-order valence-electron chi connectivity index (χ4n) is 1.55. The Balaban J connectivity index is 2.31. The first kappa shape index (κ1) is 13.5. The van der Waals surface area contributed by atoms with Gasteiger partial charge >= 0.3 is 0 Å². The van der Waals surface area contributed by atoms with Crippen molar-refractivity contribution in [3.8, 4) is 0 Å². The second kappa shape index (κ2) is 7.68. The zero-order valence-corrected chi connectivity index (χ0v) is 10.2. The number of carbonyl (C=O) groups excluding carboxylic acids is 1. The number of nitrogens with one attached hydrogen (secondary N) is 2. The summed E-state index contributed by atoms with van der Waals surface area (Å²) in [5.74, 6) is -0.0639. The quantitative estimate of drug-likeness (QED) is 0.504. The van der Waals surface area contributed by atoms with Gasteiger partial charge in [-0.05, 0) is 30.7 Å². The van der Waals surface area contributed by atoms with Crippen LogP contribution < -0.4 is 10.8 Å². The number of hydrogen-bond donors (Lipinski definition) is 3. The molecule has 0 aromatic heterocycles. The van der Waals surface area contributed by atoms with Crippen LogP contribution in [0.2, 0.25) is 0 Å². The SMILES string of the molecule is CCCCCCNC(=O)c1ccc(NO)cc1. The fourth-order valence-corrected chi connectivity index (χ4v) is 1.55. The minimum absolute atomic E-state index is 0.0639. The van der Waals surface area contributed by atoms with Crippen molar-refractivity contribution in [2.45, 2.75) is 32.6 Å². The molecule has 4 nitrogen and oxygen atoms in total. The second-order valence-corrected chi connectivity index (χ2v) is 4.01. The summed E-state index contributed by atoms with van der Waals surface area (Å²) in [6, 6.07) is 6.68. The molecule has 1 aromatic carbocycles. The average molecular weight is 236 g/mol. The van der Waals surface area contributed by atoms with Crippen LogP contribution >= 0.6 is 0 Å². The van der Waals surface area contributed by atoms with E-state index in [0.29, 0.717) is 11.3 Å². The van der Waals surface area contributed by atoms with Gasteiger partial charge in [0.1, 0.15) is 0 Å². The van der Waals surface area contributed by atoms with E-state index in [9.17, 15) is 4.79 Å². The minimum atomic E-state index is -0.0639. The first-order chi connectivity index (χ1) is 8.27. The van der Waals surface area contributed by atoms with Crippen molar-refractivity contribution < 1.29 is 10.0 Å². The molecule has 0 aliphatic heterocycles. The molecule has 1 rings (SSSR count). The van der Waals surface area contributed by atoms with Crippen LogP contribution in [0, 0.1) is 0 Å². The Bertz CT molecular complexity index is 336. The number of carbonyl (C=O) groups is 1. The summed E-state index contributed by atoms with van der Waals surface area (Å²) in [6.45, 7) is 2.88. The van der Waals surface area contributed by atoms with Crippen molar-refractivity contribution in [2.75, 3.05) is 12.0 Å². The molecule has 17 heavy (non-hydrogen) atoms. The van der Waals surface area contributed by atoms with E-state index >= 15 is 0 Å². The lowest BCUT2D eigenvalue weighted by molar-refractivity contribution is 0.0953. The van der Waals surface area contributed by atoms with Crippen molar-refractivity contribution in [3.05, 3.63) is 29.8 Å². The molecular formula is C13H20N2O2. The standard InChI is InChI=1S/C13H20N2O2/c1-2-3-4-5-10-14-13(16)11-6-8-12(15-17)9-7-11/h6-9,15,17H,2-5,10H2,1H3,(H,14,16). The summed E-state index contributed by atoms with van der Waals surface area (Å²) in [5, 5.41) is 11.5. The van der Waals surface area contributed by atoms with E-state index < -0.39 is 0 Å². The molecule has 4 heteroatoms. The highest BCUT2D eigenvalue weighted by atomic mass is 16.5. The third-order valence-corrected chi connectivity index (χ3v) is 2.59. The van der Waals surface area contributed by atoms with E-state index in [4.69, 9.17) is 5.21 Å². The largest absolute Gasteiger partial charge is 0.352 e. The molecule has 0 bridgehead atoms. The van der Waals surface area contributed by atoms with Crippen molar-refractivity contribution in [1.29, 1.82) is 0 Å². The zero-order valence-electron chi connectivity index (χ0n) is 10.2. The molecule has 1 amide bonds. The number of amides is 1. The third kappa shape index (κ3) is 4.87. The Kier molecular flexibility index (Phi) is 6.10. The number of anilines is 1. The van der Waals surface area contributed by atoms with E-state index in [1.807, 2.05) is 5.48 Å². The molecule has 0 aliphatic rings. The highest BCUT2D eigenvalue weighted by Gasteiger charge is 2.03. The molecule has 0 aliphatic carbocycles. The van der Waals surface area contributed by atoms with Gasteiger partial charge in [0.15, 0.2) is 0 Å². The molecule has 0 saturated heterocycles. The van der Waals surface area contributed by atoms with Crippen LogP contribution in [0.4, 0.5) is 5.69 Å². The smallest absolute Gasteiger partial charge is 0.251 e. The fraction of sp³-hybridized carbons (Fsp3) is 0.462. The molecule has 0 spiro atoms. The summed E-state index contributed by atoms with van der Waals surface area (Å²) in [4.78, 5) is 11.7. The molecule has 0 saturated carbocycles. The van der Waals surface area contributed by atoms with Gasteiger partial charge in [-0.1, -0.05) is 26.2 Å². The topological polar surface area (TPSA) is 61.4 Å². The summed E-state index contributed by atoms with van der Waals surface area (Å²) in [6.07, 6.45) is 4.59. The van der Waals surface area contributed by atoms with Gasteiger partial charge in [-0.2, -0.15) is 0 Å². The van der Waals surface area contributed by atoms with E-state index in [1.165, 1.54) is 12.8 Å². The van der Waals surface area contributed by atoms with Crippen LogP contribution in [-0.2, 0) is 0 Å². The van der Waals surface area contributed by atoms with Gasteiger partial charge in [-0.15, -0.1) is 0 Å². The lowest BCUT2D eigenvalue weighted by Gasteiger charge is -2.05. The predicted molar refractivity (Wildman–Crippen MR) is 68.3 cm³/mol. The van der Waals surface area contributed by atoms with Gasteiger partial charge in [0.2, 0.25) is 0 Å². The molecule has 3 N–H and O–H groups in total. The molecule has 0 fully saturated rings. The van der Waals surface area contributed by atoms with Crippen LogP contribution in [0.1, 0.15) is 43.0 Å². The van der Waals surface area contributed by atoms with E-state index in [0.717, 1.165) is 19.4 Å². The van der Waals surface area contributed by atoms with Gasteiger partial charge < -0.3 is 5.32 Å². The monoisotopic (exact) mass is 236 g/mol. The van der Waals surface area contributed by atoms with Gasteiger partial charge in [0, 0.05) is 12.1 Å². The molecule has 94 valence electrons. The minimum Gasteiger partial charge on any atom is -0.352 e. The Labute approximate surface area is 102 Å². The van der Waals surface area contributed by atoms with Crippen LogP contribution in [0.25, 0.3) is 0 Å². The number of rotatable bonds is 7. The summed E-state index contributed by atoms with van der Waals surface area (Å²) >= 11 is 0. The lowest BCUT2D eigenvalue weighted by atomic mass is 10.2. The van der Waals surface area contributed by atoms with E-state index in [2.05, 4.69) is 12.2 Å². The number of hydrogen-bond acceptors (Lipinski definition) is 3. The van der Waals surface area contributed by atoms with Crippen LogP contribution in [0.5, 0.6) is 0 Å². The highest BCUT2D eigenvalue weighted by molar-refractivity contribution is 5.94. The van der Waals surface area contributed by atoms with Crippen LogP contribution in [-0.4, -0.2) is 17.7 Å². The molecule has 0 atom stereocenters. The van der Waals surface area contributed by atoms with Crippen molar-refractivity contribution in [3.63, 3.8) is 0 Å². The van der Waals surface area contributed by atoms with Crippen molar-refractivity contribution in [2.24, 2.45) is 0 Å². The predicted octanol–water partition coefficient (Wildman–Crippen LogP) is 2.80. The Morgan fingerprint density at radius 1 is 1.18 bits per heavy atom. The second-order valence-electron chi connectivity index (χ2n) is 4.01.